The average Bonchev–Trinajstić information content (AvgIpc) is 2.56. The number of benzene rings is 2. The van der Waals surface area contributed by atoms with Crippen molar-refractivity contribution in [3.63, 3.8) is 0 Å². The highest BCUT2D eigenvalue weighted by atomic mass is 79.9. The third-order valence-electron chi connectivity index (χ3n) is 3.29. The Morgan fingerprint density at radius 2 is 1.88 bits per heavy atom. The van der Waals surface area contributed by atoms with Gasteiger partial charge < -0.3 is 20.1 Å². The van der Waals surface area contributed by atoms with Crippen LogP contribution >= 0.6 is 15.9 Å². The minimum Gasteiger partial charge on any atom is -0.493 e. The maximum Gasteiger partial charge on any atom is 0.387 e. The van der Waals surface area contributed by atoms with E-state index in [-0.39, 0.29) is 24.0 Å². The molecule has 25 heavy (non-hydrogen) atoms. The highest BCUT2D eigenvalue weighted by Gasteiger charge is 2.12. The molecule has 2 aromatic rings. The van der Waals surface area contributed by atoms with Gasteiger partial charge in [-0.25, -0.2) is 0 Å². The maximum atomic E-state index is 12.4. The Morgan fingerprint density at radius 1 is 1.16 bits per heavy atom. The van der Waals surface area contributed by atoms with Gasteiger partial charge in [0.05, 0.1) is 13.7 Å². The van der Waals surface area contributed by atoms with Crippen LogP contribution in [0.5, 0.6) is 11.5 Å². The normalized spacial score (nSPS) is 10.5. The zero-order chi connectivity index (χ0) is 18.4. The Morgan fingerprint density at radius 3 is 2.52 bits per heavy atom. The molecule has 2 aromatic carbocycles. The summed E-state index contributed by atoms with van der Waals surface area (Å²) in [5.41, 5.74) is 2.17. The van der Waals surface area contributed by atoms with E-state index in [1.54, 1.807) is 18.2 Å². The third kappa shape index (κ3) is 5.60. The number of hydrogen-bond acceptors (Lipinski definition) is 4. The SMILES string of the molecule is COc1ccc(NCC(=O)Nc2ccc(C)c(Br)c2)cc1OC(F)F. The van der Waals surface area contributed by atoms with Gasteiger partial charge in [-0.05, 0) is 36.8 Å². The third-order valence-corrected chi connectivity index (χ3v) is 4.14. The number of aryl methyl sites for hydroxylation is 1. The van der Waals surface area contributed by atoms with Gasteiger partial charge in [0.25, 0.3) is 0 Å². The molecule has 134 valence electrons. The van der Waals surface area contributed by atoms with Crippen molar-refractivity contribution in [1.29, 1.82) is 0 Å². The Hall–Kier alpha value is -2.35. The molecule has 0 fully saturated rings. The average molecular weight is 415 g/mol. The fourth-order valence-electron chi connectivity index (χ4n) is 2.03. The summed E-state index contributed by atoms with van der Waals surface area (Å²) in [6, 6.07) is 9.91. The number of alkyl halides is 2. The first-order chi connectivity index (χ1) is 11.9. The number of ether oxygens (including phenoxy) is 2. The van der Waals surface area contributed by atoms with Crippen molar-refractivity contribution in [1.82, 2.24) is 0 Å². The van der Waals surface area contributed by atoms with Crippen molar-refractivity contribution in [2.45, 2.75) is 13.5 Å². The molecule has 2 rings (SSSR count). The van der Waals surface area contributed by atoms with E-state index in [1.165, 1.54) is 19.2 Å². The van der Waals surface area contributed by atoms with Crippen molar-refractivity contribution in [2.24, 2.45) is 0 Å². The quantitative estimate of drug-likeness (QED) is 0.703. The number of anilines is 2. The number of nitrogens with one attached hydrogen (secondary N) is 2. The van der Waals surface area contributed by atoms with E-state index in [4.69, 9.17) is 4.74 Å². The van der Waals surface area contributed by atoms with E-state index < -0.39 is 6.61 Å². The standard InChI is InChI=1S/C17H17BrF2N2O3/c1-10-3-4-12(7-13(10)18)22-16(23)9-21-11-5-6-14(24-2)15(8-11)25-17(19)20/h3-8,17,21H,9H2,1-2H3,(H,22,23). The number of carbonyl (C=O) groups excluding carboxylic acids is 1. The predicted molar refractivity (Wildman–Crippen MR) is 95.6 cm³/mol. The second-order valence-corrected chi connectivity index (χ2v) is 5.96. The number of halogens is 3. The Bertz CT molecular complexity index is 757. The molecule has 2 N–H and O–H groups in total. The summed E-state index contributed by atoms with van der Waals surface area (Å²) in [6.45, 7) is -1.06. The molecule has 0 aliphatic heterocycles. The molecular weight excluding hydrogens is 398 g/mol. The van der Waals surface area contributed by atoms with Crippen LogP contribution in [-0.2, 0) is 4.79 Å². The molecule has 0 atom stereocenters. The minimum atomic E-state index is -2.97. The van der Waals surface area contributed by atoms with Crippen LogP contribution < -0.4 is 20.1 Å². The molecule has 0 unspecified atom stereocenters. The van der Waals surface area contributed by atoms with Crippen LogP contribution in [-0.4, -0.2) is 26.2 Å². The van der Waals surface area contributed by atoms with Gasteiger partial charge in [-0.2, -0.15) is 8.78 Å². The Kier molecular flexibility index (Phi) is 6.58. The van der Waals surface area contributed by atoms with Gasteiger partial charge in [-0.3, -0.25) is 4.79 Å². The zero-order valence-corrected chi connectivity index (χ0v) is 15.2. The fraction of sp³-hybridized carbons (Fsp3) is 0.235. The summed E-state index contributed by atoms with van der Waals surface area (Å²) in [4.78, 5) is 12.0. The van der Waals surface area contributed by atoms with E-state index in [0.29, 0.717) is 11.4 Å². The van der Waals surface area contributed by atoms with E-state index in [9.17, 15) is 13.6 Å². The lowest BCUT2D eigenvalue weighted by Crippen LogP contribution is -2.21. The second-order valence-electron chi connectivity index (χ2n) is 5.11. The summed E-state index contributed by atoms with van der Waals surface area (Å²) in [5, 5.41) is 5.59. The summed E-state index contributed by atoms with van der Waals surface area (Å²) in [6.07, 6.45) is 0. The molecule has 0 aliphatic rings. The van der Waals surface area contributed by atoms with Gasteiger partial charge in [-0.1, -0.05) is 22.0 Å². The monoisotopic (exact) mass is 414 g/mol. The van der Waals surface area contributed by atoms with Gasteiger partial charge in [-0.15, -0.1) is 0 Å². The van der Waals surface area contributed by atoms with Crippen molar-refractivity contribution in [3.05, 3.63) is 46.4 Å². The van der Waals surface area contributed by atoms with Crippen LogP contribution in [0.2, 0.25) is 0 Å². The van der Waals surface area contributed by atoms with E-state index in [0.717, 1.165) is 10.0 Å². The van der Waals surface area contributed by atoms with Gasteiger partial charge in [0.2, 0.25) is 5.91 Å². The van der Waals surface area contributed by atoms with Crippen LogP contribution in [0.4, 0.5) is 20.2 Å². The first-order valence-electron chi connectivity index (χ1n) is 7.31. The first kappa shape index (κ1) is 19.0. The van der Waals surface area contributed by atoms with Crippen LogP contribution in [0.3, 0.4) is 0 Å². The van der Waals surface area contributed by atoms with Crippen LogP contribution in [0.25, 0.3) is 0 Å². The minimum absolute atomic E-state index is 0.0358. The number of hydrogen-bond donors (Lipinski definition) is 2. The Balaban J connectivity index is 1.97. The molecule has 0 saturated carbocycles. The van der Waals surface area contributed by atoms with Crippen LogP contribution in [0.15, 0.2) is 40.9 Å². The summed E-state index contributed by atoms with van der Waals surface area (Å²) in [7, 11) is 1.36. The largest absolute Gasteiger partial charge is 0.493 e. The number of carbonyl (C=O) groups is 1. The van der Waals surface area contributed by atoms with Gasteiger partial charge in [0.15, 0.2) is 11.5 Å². The molecule has 0 spiro atoms. The molecule has 5 nitrogen and oxygen atoms in total. The number of rotatable bonds is 7. The second kappa shape index (κ2) is 8.66. The van der Waals surface area contributed by atoms with Crippen molar-refractivity contribution >= 4 is 33.2 Å². The summed E-state index contributed by atoms with van der Waals surface area (Å²) in [5.74, 6) is -0.201. The van der Waals surface area contributed by atoms with Crippen LogP contribution in [0, 0.1) is 6.92 Å². The summed E-state index contributed by atoms with van der Waals surface area (Å²) >= 11 is 3.40. The molecule has 0 radical (unpaired) electrons. The number of methoxy groups -OCH3 is 1. The van der Waals surface area contributed by atoms with Gasteiger partial charge in [0, 0.05) is 21.9 Å². The van der Waals surface area contributed by atoms with Crippen molar-refractivity contribution < 1.29 is 23.0 Å². The zero-order valence-electron chi connectivity index (χ0n) is 13.6. The Labute approximate surface area is 152 Å². The van der Waals surface area contributed by atoms with E-state index in [1.807, 2.05) is 13.0 Å². The lowest BCUT2D eigenvalue weighted by molar-refractivity contribution is -0.114. The molecule has 1 amide bonds. The van der Waals surface area contributed by atoms with Crippen molar-refractivity contribution in [3.8, 4) is 11.5 Å². The lowest BCUT2D eigenvalue weighted by atomic mass is 10.2. The van der Waals surface area contributed by atoms with Gasteiger partial charge >= 0.3 is 6.61 Å². The molecule has 0 bridgehead atoms. The fourth-order valence-corrected chi connectivity index (χ4v) is 2.41. The van der Waals surface area contributed by atoms with E-state index in [2.05, 4.69) is 31.3 Å². The van der Waals surface area contributed by atoms with E-state index >= 15 is 0 Å². The topological polar surface area (TPSA) is 59.6 Å². The predicted octanol–water partition coefficient (Wildman–Crippen LogP) is 4.42. The highest BCUT2D eigenvalue weighted by Crippen LogP contribution is 2.31. The first-order valence-corrected chi connectivity index (χ1v) is 8.11. The molecule has 8 heteroatoms. The van der Waals surface area contributed by atoms with Crippen LogP contribution in [0.1, 0.15) is 5.56 Å². The van der Waals surface area contributed by atoms with Gasteiger partial charge in [0.1, 0.15) is 0 Å². The maximum absolute atomic E-state index is 12.4. The highest BCUT2D eigenvalue weighted by molar-refractivity contribution is 9.10. The van der Waals surface area contributed by atoms with Crippen molar-refractivity contribution in [2.75, 3.05) is 24.3 Å². The molecule has 0 heterocycles. The molecule has 0 aromatic heterocycles. The molecule has 0 aliphatic carbocycles. The molecular formula is C17H17BrF2N2O3. The summed E-state index contributed by atoms with van der Waals surface area (Å²) < 4.78 is 35.1. The molecule has 0 saturated heterocycles. The lowest BCUT2D eigenvalue weighted by Gasteiger charge is -2.13. The number of amides is 1. The smallest absolute Gasteiger partial charge is 0.387 e.